The molecule has 0 radical (unpaired) electrons. The third kappa shape index (κ3) is 1.11. The number of fused-ring (bicyclic) bond motifs is 1. The quantitative estimate of drug-likeness (QED) is 0.332. The first-order valence-corrected chi connectivity index (χ1v) is 2.81. The summed E-state index contributed by atoms with van der Waals surface area (Å²) in [5.74, 6) is 0. The zero-order valence-electron chi connectivity index (χ0n) is 5.79. The van der Waals surface area contributed by atoms with Gasteiger partial charge in [0.05, 0.1) is 0 Å². The number of rotatable bonds is 0. The summed E-state index contributed by atoms with van der Waals surface area (Å²) in [4.78, 5) is 0. The molecule has 0 aliphatic rings. The van der Waals surface area contributed by atoms with Crippen molar-refractivity contribution < 1.29 is 23.3 Å². The molecule has 0 bridgehead atoms. The Morgan fingerprint density at radius 1 is 1.30 bits per heavy atom. The van der Waals surface area contributed by atoms with E-state index in [1.165, 1.54) is 0 Å². The van der Waals surface area contributed by atoms with E-state index in [1.54, 1.807) is 6.26 Å². The second kappa shape index (κ2) is 2.96. The van der Waals surface area contributed by atoms with Crippen LogP contribution in [-0.4, -0.2) is 0 Å². The predicted molar refractivity (Wildman–Crippen MR) is 35.1 cm³/mol. The number of benzene rings is 1. The smallest absolute Gasteiger partial charge is 0.518 e. The molecular weight excluding hydrogens is 119 g/mol. The van der Waals surface area contributed by atoms with Gasteiger partial charge in [0.2, 0.25) is 0 Å². The van der Waals surface area contributed by atoms with Crippen molar-refractivity contribution in [3.63, 3.8) is 0 Å². The van der Waals surface area contributed by atoms with Gasteiger partial charge in [-0.3, -0.25) is 0 Å². The Balaban J connectivity index is 0.000000500. The first kappa shape index (κ1) is 7.46. The molecule has 0 atom stereocenters. The maximum atomic E-state index is 5.09. The summed E-state index contributed by atoms with van der Waals surface area (Å²) in [6, 6.07) is 10.6. The van der Waals surface area contributed by atoms with Crippen LogP contribution >= 0.6 is 0 Å². The Labute approximate surface area is 71.2 Å². The van der Waals surface area contributed by atoms with E-state index in [4.69, 9.17) is 4.42 Å². The van der Waals surface area contributed by atoms with Crippen LogP contribution in [0.3, 0.4) is 0 Å². The number of hydrogen-bond donors (Lipinski definition) is 0. The number of hydrogen-bond acceptors (Lipinski definition) is 1. The van der Waals surface area contributed by atoms with Crippen LogP contribution in [0.15, 0.2) is 34.9 Å². The van der Waals surface area contributed by atoms with Crippen molar-refractivity contribution in [2.75, 3.05) is 0 Å². The van der Waals surface area contributed by atoms with E-state index < -0.39 is 0 Å². The van der Waals surface area contributed by atoms with Crippen LogP contribution in [0.5, 0.6) is 0 Å². The van der Waals surface area contributed by atoms with Gasteiger partial charge in [0.15, 0.2) is 0 Å². The molecule has 0 fully saturated rings. The van der Waals surface area contributed by atoms with E-state index in [1.807, 2.05) is 24.3 Å². The topological polar surface area (TPSA) is 13.1 Å². The van der Waals surface area contributed by atoms with E-state index in [0.29, 0.717) is 0 Å². The summed E-state index contributed by atoms with van der Waals surface area (Å²) in [5, 5.41) is 1.04. The zero-order chi connectivity index (χ0) is 6.10. The minimum absolute atomic E-state index is 0. The fraction of sp³-hybridized carbons (Fsp3) is 0. The summed E-state index contributed by atoms with van der Waals surface area (Å²) >= 11 is 0. The normalized spacial score (nSPS) is 9.20. The third-order valence-corrected chi connectivity index (χ3v) is 1.28. The Hall–Kier alpha value is -0.643. The third-order valence-electron chi connectivity index (χ3n) is 1.28. The van der Waals surface area contributed by atoms with Crippen molar-refractivity contribution >= 4 is 11.0 Å². The van der Waals surface area contributed by atoms with Gasteiger partial charge in [-0.25, -0.2) is 0 Å². The van der Waals surface area contributed by atoms with Crippen molar-refractivity contribution in [2.45, 2.75) is 0 Å². The minimum Gasteiger partial charge on any atom is -0.518 e. The molecule has 10 heavy (non-hydrogen) atoms. The van der Waals surface area contributed by atoms with Gasteiger partial charge in [-0.1, -0.05) is 6.07 Å². The molecule has 0 aliphatic heterocycles. The van der Waals surface area contributed by atoms with E-state index in [-0.39, 0.29) is 18.9 Å². The van der Waals surface area contributed by atoms with Gasteiger partial charge in [0, 0.05) is 11.8 Å². The maximum Gasteiger partial charge on any atom is 1.00 e. The standard InChI is InChI=1S/C8H5O.Li/c1-2-4-8-7(3-1)5-6-9-8;/h1-2,4-6H;/q-1;+1. The van der Waals surface area contributed by atoms with Crippen molar-refractivity contribution in [1.29, 1.82) is 0 Å². The minimum atomic E-state index is 0. The van der Waals surface area contributed by atoms with Gasteiger partial charge in [-0.05, 0) is 0 Å². The molecular formula is C8H5LiO. The van der Waals surface area contributed by atoms with Crippen LogP contribution in [0.4, 0.5) is 0 Å². The van der Waals surface area contributed by atoms with Gasteiger partial charge < -0.3 is 4.42 Å². The van der Waals surface area contributed by atoms with Crippen molar-refractivity contribution in [1.82, 2.24) is 0 Å². The number of furan rings is 1. The van der Waals surface area contributed by atoms with E-state index in [2.05, 4.69) is 6.07 Å². The van der Waals surface area contributed by atoms with Crippen LogP contribution in [0.2, 0.25) is 0 Å². The SMILES string of the molecule is [Li+].[c-]1cccc2occc12. The average Bonchev–Trinajstić information content (AvgIpc) is 2.33. The summed E-state index contributed by atoms with van der Waals surface area (Å²) in [7, 11) is 0. The molecule has 1 nitrogen and oxygen atoms in total. The molecule has 1 heterocycles. The monoisotopic (exact) mass is 124 g/mol. The van der Waals surface area contributed by atoms with Gasteiger partial charge in [-0.15, -0.1) is 29.7 Å². The Bertz CT molecular complexity index is 283. The summed E-state index contributed by atoms with van der Waals surface area (Å²) in [6.45, 7) is 0. The van der Waals surface area contributed by atoms with E-state index in [0.717, 1.165) is 11.0 Å². The Morgan fingerprint density at radius 3 is 3.00 bits per heavy atom. The second-order valence-corrected chi connectivity index (χ2v) is 1.87. The summed E-state index contributed by atoms with van der Waals surface area (Å²) in [6.07, 6.45) is 1.67. The van der Waals surface area contributed by atoms with Gasteiger partial charge >= 0.3 is 18.9 Å². The Kier molecular flexibility index (Phi) is 2.21. The van der Waals surface area contributed by atoms with E-state index in [9.17, 15) is 0 Å². The van der Waals surface area contributed by atoms with Crippen LogP contribution in [0.25, 0.3) is 11.0 Å². The van der Waals surface area contributed by atoms with E-state index >= 15 is 0 Å². The molecule has 0 spiro atoms. The Morgan fingerprint density at radius 2 is 2.20 bits per heavy atom. The second-order valence-electron chi connectivity index (χ2n) is 1.87. The molecule has 0 saturated heterocycles. The average molecular weight is 124 g/mol. The van der Waals surface area contributed by atoms with Gasteiger partial charge in [0.1, 0.15) is 0 Å². The molecule has 0 saturated carbocycles. The molecule has 44 valence electrons. The molecule has 0 unspecified atom stereocenters. The fourth-order valence-electron chi connectivity index (χ4n) is 0.843. The maximum absolute atomic E-state index is 5.09. The fourth-order valence-corrected chi connectivity index (χ4v) is 0.843. The molecule has 2 aromatic rings. The zero-order valence-corrected chi connectivity index (χ0v) is 5.79. The molecule has 2 heteroatoms. The van der Waals surface area contributed by atoms with Crippen molar-refractivity contribution in [2.24, 2.45) is 0 Å². The van der Waals surface area contributed by atoms with Crippen LogP contribution in [0, 0.1) is 6.07 Å². The van der Waals surface area contributed by atoms with Crippen molar-refractivity contribution in [3.05, 3.63) is 36.6 Å². The van der Waals surface area contributed by atoms with Gasteiger partial charge in [-0.2, -0.15) is 0 Å². The van der Waals surface area contributed by atoms with Crippen molar-refractivity contribution in [3.8, 4) is 0 Å². The summed E-state index contributed by atoms with van der Waals surface area (Å²) in [5.41, 5.74) is 0.900. The molecule has 2 rings (SSSR count). The molecule has 0 amide bonds. The molecule has 1 aromatic heterocycles. The summed E-state index contributed by atoms with van der Waals surface area (Å²) < 4.78 is 5.09. The molecule has 0 N–H and O–H groups in total. The van der Waals surface area contributed by atoms with Crippen LogP contribution < -0.4 is 18.9 Å². The predicted octanol–water partition coefficient (Wildman–Crippen LogP) is -0.763. The molecule has 1 aromatic carbocycles. The largest absolute Gasteiger partial charge is 1.00 e. The van der Waals surface area contributed by atoms with Gasteiger partial charge in [0.25, 0.3) is 0 Å². The molecule has 0 aliphatic carbocycles. The first-order chi connectivity index (χ1) is 4.47. The first-order valence-electron chi connectivity index (χ1n) is 2.81. The van der Waals surface area contributed by atoms with Crippen LogP contribution in [-0.2, 0) is 0 Å². The van der Waals surface area contributed by atoms with Crippen LogP contribution in [0.1, 0.15) is 0 Å².